The third-order valence-electron chi connectivity index (χ3n) is 4.65. The third-order valence-corrected chi connectivity index (χ3v) is 5.54. The molecule has 0 radical (unpaired) electrons. The van der Waals surface area contributed by atoms with E-state index in [1.54, 1.807) is 7.11 Å². The van der Waals surface area contributed by atoms with E-state index < -0.39 is 6.04 Å². The average molecular weight is 420 g/mol. The monoisotopic (exact) mass is 420 g/mol. The van der Waals surface area contributed by atoms with Crippen LogP contribution in [0.3, 0.4) is 0 Å². The van der Waals surface area contributed by atoms with Gasteiger partial charge in [0.2, 0.25) is 0 Å². The summed E-state index contributed by atoms with van der Waals surface area (Å²) in [7, 11) is 1.63. The number of aromatic nitrogens is 5. The molecule has 1 amide bonds. The molecule has 1 atom stereocenters. The Hall–Kier alpha value is -3.59. The van der Waals surface area contributed by atoms with Gasteiger partial charge in [-0.1, -0.05) is 30.3 Å². The normalized spacial score (nSPS) is 11.8. The van der Waals surface area contributed by atoms with Crippen molar-refractivity contribution >= 4 is 22.4 Å². The van der Waals surface area contributed by atoms with E-state index in [4.69, 9.17) is 4.74 Å². The summed E-state index contributed by atoms with van der Waals surface area (Å²) in [6.07, 6.45) is 1.91. The molecule has 1 N–H and O–H groups in total. The fraction of sp³-hybridized carbons (Fsp3) is 0.190. The number of hydrogen-bond donors (Lipinski definition) is 1. The fourth-order valence-corrected chi connectivity index (χ4v) is 3.95. The molecule has 0 bridgehead atoms. The van der Waals surface area contributed by atoms with Crippen LogP contribution in [0.2, 0.25) is 0 Å². The van der Waals surface area contributed by atoms with Gasteiger partial charge in [0.25, 0.3) is 5.91 Å². The average Bonchev–Trinajstić information content (AvgIpc) is 3.43. The standard InChI is InChI=1S/C21H20N6O2S/c1-14-19(16-8-10-17(29-2)11-9-16)23-21(30-14)24-20(28)18(27-13-22-25-26-27)12-15-6-4-3-5-7-15/h3-11,13,18H,12H2,1-2H3,(H,23,24,28)/t18-/m1/s1. The lowest BCUT2D eigenvalue weighted by Gasteiger charge is -2.15. The molecule has 0 aliphatic rings. The zero-order chi connectivity index (χ0) is 20.9. The van der Waals surface area contributed by atoms with Crippen LogP contribution in [-0.4, -0.2) is 38.2 Å². The zero-order valence-electron chi connectivity index (χ0n) is 16.5. The number of ether oxygens (including phenoxy) is 1. The number of aryl methyl sites for hydroxylation is 1. The van der Waals surface area contributed by atoms with E-state index in [1.807, 2.05) is 61.5 Å². The minimum atomic E-state index is -0.587. The molecule has 2 aromatic heterocycles. The van der Waals surface area contributed by atoms with Gasteiger partial charge in [-0.2, -0.15) is 0 Å². The predicted octanol–water partition coefficient (Wildman–Crippen LogP) is 3.54. The molecular weight excluding hydrogens is 400 g/mol. The molecule has 0 aliphatic heterocycles. The summed E-state index contributed by atoms with van der Waals surface area (Å²) >= 11 is 1.43. The molecule has 2 heterocycles. The minimum Gasteiger partial charge on any atom is -0.497 e. The van der Waals surface area contributed by atoms with E-state index in [-0.39, 0.29) is 5.91 Å². The van der Waals surface area contributed by atoms with E-state index in [0.29, 0.717) is 11.6 Å². The zero-order valence-corrected chi connectivity index (χ0v) is 17.3. The second kappa shape index (κ2) is 8.83. The number of nitrogens with zero attached hydrogens (tertiary/aromatic N) is 5. The molecule has 2 aromatic carbocycles. The lowest BCUT2D eigenvalue weighted by atomic mass is 10.1. The van der Waals surface area contributed by atoms with Crippen LogP contribution in [0, 0.1) is 6.92 Å². The van der Waals surface area contributed by atoms with Gasteiger partial charge in [0.05, 0.1) is 12.8 Å². The number of carbonyl (C=O) groups is 1. The smallest absolute Gasteiger partial charge is 0.251 e. The van der Waals surface area contributed by atoms with Crippen molar-refractivity contribution in [3.63, 3.8) is 0 Å². The molecule has 0 saturated carbocycles. The number of tetrazole rings is 1. The highest BCUT2D eigenvalue weighted by Crippen LogP contribution is 2.31. The van der Waals surface area contributed by atoms with Gasteiger partial charge < -0.3 is 10.1 Å². The van der Waals surface area contributed by atoms with Gasteiger partial charge in [-0.15, -0.1) is 16.4 Å². The van der Waals surface area contributed by atoms with Crippen LogP contribution in [0.15, 0.2) is 60.9 Å². The van der Waals surface area contributed by atoms with Crippen LogP contribution in [0.5, 0.6) is 5.75 Å². The number of amides is 1. The second-order valence-electron chi connectivity index (χ2n) is 6.64. The van der Waals surface area contributed by atoms with E-state index in [2.05, 4.69) is 25.8 Å². The van der Waals surface area contributed by atoms with Gasteiger partial charge in [-0.25, -0.2) is 9.67 Å². The number of hydrogen-bond acceptors (Lipinski definition) is 7. The molecule has 9 heteroatoms. The number of rotatable bonds is 7. The maximum atomic E-state index is 13.1. The van der Waals surface area contributed by atoms with Gasteiger partial charge in [0.1, 0.15) is 18.1 Å². The molecule has 0 spiro atoms. The highest BCUT2D eigenvalue weighted by molar-refractivity contribution is 7.16. The highest BCUT2D eigenvalue weighted by atomic mass is 32.1. The Labute approximate surface area is 177 Å². The van der Waals surface area contributed by atoms with E-state index >= 15 is 0 Å². The number of carbonyl (C=O) groups excluding carboxylic acids is 1. The molecule has 152 valence electrons. The number of nitrogens with one attached hydrogen (secondary N) is 1. The first kappa shape index (κ1) is 19.7. The molecule has 0 unspecified atom stereocenters. The van der Waals surface area contributed by atoms with Gasteiger partial charge in [-0.05, 0) is 47.2 Å². The highest BCUT2D eigenvalue weighted by Gasteiger charge is 2.24. The van der Waals surface area contributed by atoms with Crippen LogP contribution < -0.4 is 10.1 Å². The summed E-state index contributed by atoms with van der Waals surface area (Å²) in [5.41, 5.74) is 2.81. The number of anilines is 1. The number of methoxy groups -OCH3 is 1. The Morgan fingerprint density at radius 1 is 1.17 bits per heavy atom. The summed E-state index contributed by atoms with van der Waals surface area (Å²) < 4.78 is 6.68. The van der Waals surface area contributed by atoms with Gasteiger partial charge in [0.15, 0.2) is 5.13 Å². The van der Waals surface area contributed by atoms with Gasteiger partial charge in [-0.3, -0.25) is 4.79 Å². The number of benzene rings is 2. The van der Waals surface area contributed by atoms with Crippen molar-refractivity contribution in [1.29, 1.82) is 0 Å². The first-order chi connectivity index (χ1) is 14.6. The van der Waals surface area contributed by atoms with Crippen molar-refractivity contribution in [3.8, 4) is 17.0 Å². The van der Waals surface area contributed by atoms with Crippen molar-refractivity contribution < 1.29 is 9.53 Å². The van der Waals surface area contributed by atoms with Crippen LogP contribution >= 0.6 is 11.3 Å². The molecule has 0 fully saturated rings. The van der Waals surface area contributed by atoms with E-state index in [0.717, 1.165) is 27.4 Å². The maximum Gasteiger partial charge on any atom is 0.251 e. The van der Waals surface area contributed by atoms with Crippen molar-refractivity contribution in [2.45, 2.75) is 19.4 Å². The Morgan fingerprint density at radius 2 is 1.93 bits per heavy atom. The SMILES string of the molecule is COc1ccc(-c2nc(NC(=O)[C@@H](Cc3ccccc3)n3cnnn3)sc2C)cc1. The minimum absolute atomic E-state index is 0.221. The first-order valence-electron chi connectivity index (χ1n) is 9.33. The van der Waals surface area contributed by atoms with E-state index in [1.165, 1.54) is 22.3 Å². The summed E-state index contributed by atoms with van der Waals surface area (Å²) in [5, 5.41) is 14.7. The lowest BCUT2D eigenvalue weighted by molar-refractivity contribution is -0.119. The Morgan fingerprint density at radius 3 is 2.60 bits per heavy atom. The molecule has 0 aliphatic carbocycles. The van der Waals surface area contributed by atoms with Crippen LogP contribution in [-0.2, 0) is 11.2 Å². The molecule has 8 nitrogen and oxygen atoms in total. The molecule has 30 heavy (non-hydrogen) atoms. The second-order valence-corrected chi connectivity index (χ2v) is 7.84. The van der Waals surface area contributed by atoms with Crippen LogP contribution in [0.25, 0.3) is 11.3 Å². The summed E-state index contributed by atoms with van der Waals surface area (Å²) in [5.74, 6) is 0.562. The third kappa shape index (κ3) is 4.36. The van der Waals surface area contributed by atoms with Crippen LogP contribution in [0.1, 0.15) is 16.5 Å². The number of thiazole rings is 1. The summed E-state index contributed by atoms with van der Waals surface area (Å²) in [4.78, 5) is 18.7. The molecule has 0 saturated heterocycles. The summed E-state index contributed by atoms with van der Waals surface area (Å²) in [6, 6.07) is 16.9. The van der Waals surface area contributed by atoms with Gasteiger partial charge >= 0.3 is 0 Å². The van der Waals surface area contributed by atoms with Crippen molar-refractivity contribution in [2.24, 2.45) is 0 Å². The van der Waals surface area contributed by atoms with Crippen molar-refractivity contribution in [3.05, 3.63) is 71.4 Å². The molecular formula is C21H20N6O2S. The van der Waals surface area contributed by atoms with Crippen molar-refractivity contribution in [1.82, 2.24) is 25.2 Å². The van der Waals surface area contributed by atoms with Crippen LogP contribution in [0.4, 0.5) is 5.13 Å². The fourth-order valence-electron chi connectivity index (χ4n) is 3.11. The molecule has 4 rings (SSSR count). The largest absolute Gasteiger partial charge is 0.497 e. The quantitative estimate of drug-likeness (QED) is 0.491. The maximum absolute atomic E-state index is 13.1. The Kier molecular flexibility index (Phi) is 5.80. The summed E-state index contributed by atoms with van der Waals surface area (Å²) in [6.45, 7) is 1.98. The molecule has 4 aromatic rings. The Balaban J connectivity index is 1.55. The topological polar surface area (TPSA) is 94.8 Å². The van der Waals surface area contributed by atoms with Crippen molar-refractivity contribution in [2.75, 3.05) is 12.4 Å². The predicted molar refractivity (Wildman–Crippen MR) is 114 cm³/mol. The lowest BCUT2D eigenvalue weighted by Crippen LogP contribution is -2.28. The van der Waals surface area contributed by atoms with E-state index in [9.17, 15) is 4.79 Å². The first-order valence-corrected chi connectivity index (χ1v) is 10.1. The Bertz CT molecular complexity index is 1110. The van der Waals surface area contributed by atoms with Gasteiger partial charge in [0, 0.05) is 16.9 Å².